The minimum atomic E-state index is -0.934. The van der Waals surface area contributed by atoms with Gasteiger partial charge in [-0.1, -0.05) is 0 Å². The molecule has 0 aliphatic carbocycles. The third-order valence-corrected chi connectivity index (χ3v) is 2.77. The Hall–Kier alpha value is -2.30. The van der Waals surface area contributed by atoms with Crippen molar-refractivity contribution in [1.29, 1.82) is 0 Å². The van der Waals surface area contributed by atoms with Crippen molar-refractivity contribution in [3.63, 3.8) is 0 Å². The second-order valence-corrected chi connectivity index (χ2v) is 4.63. The van der Waals surface area contributed by atoms with Gasteiger partial charge in [-0.3, -0.25) is 4.68 Å². The van der Waals surface area contributed by atoms with Gasteiger partial charge in [-0.25, -0.2) is 4.79 Å². The van der Waals surface area contributed by atoms with Crippen LogP contribution in [0.4, 0.5) is 0 Å². The van der Waals surface area contributed by atoms with E-state index in [4.69, 9.17) is 9.84 Å². The Bertz CT molecular complexity index is 602. The highest BCUT2D eigenvalue weighted by atomic mass is 16.5. The minimum Gasteiger partial charge on any atom is -0.478 e. The molecule has 2 aromatic rings. The van der Waals surface area contributed by atoms with Gasteiger partial charge in [0.05, 0.1) is 18.0 Å². The Kier molecular flexibility index (Phi) is 3.55. The molecule has 19 heavy (non-hydrogen) atoms. The first kappa shape index (κ1) is 13.1. The first-order chi connectivity index (χ1) is 8.97. The van der Waals surface area contributed by atoms with E-state index in [1.807, 2.05) is 20.0 Å². The van der Waals surface area contributed by atoms with Gasteiger partial charge in [0.25, 0.3) is 0 Å². The Balaban J connectivity index is 2.19. The molecule has 0 unspecified atom stereocenters. The highest BCUT2D eigenvalue weighted by Crippen LogP contribution is 2.24. The van der Waals surface area contributed by atoms with Crippen molar-refractivity contribution in [2.24, 2.45) is 0 Å². The van der Waals surface area contributed by atoms with Crippen LogP contribution in [0.2, 0.25) is 0 Å². The first-order valence-electron chi connectivity index (χ1n) is 6.03. The topological polar surface area (TPSA) is 64.4 Å². The summed E-state index contributed by atoms with van der Waals surface area (Å²) in [5.74, 6) is 0.304. The second kappa shape index (κ2) is 5.14. The van der Waals surface area contributed by atoms with E-state index < -0.39 is 5.97 Å². The molecule has 5 nitrogen and oxygen atoms in total. The summed E-state index contributed by atoms with van der Waals surface area (Å²) in [6, 6.07) is 5.16. The maximum absolute atomic E-state index is 10.9. The number of aromatic nitrogens is 2. The van der Waals surface area contributed by atoms with Crippen molar-refractivity contribution in [2.75, 3.05) is 0 Å². The van der Waals surface area contributed by atoms with Crippen LogP contribution >= 0.6 is 0 Å². The molecule has 1 aromatic carbocycles. The van der Waals surface area contributed by atoms with Gasteiger partial charge in [0.2, 0.25) is 0 Å². The summed E-state index contributed by atoms with van der Waals surface area (Å²) >= 11 is 0. The molecule has 0 aliphatic heterocycles. The van der Waals surface area contributed by atoms with Crippen LogP contribution in [-0.2, 0) is 0 Å². The predicted molar refractivity (Wildman–Crippen MR) is 70.8 cm³/mol. The molecule has 1 heterocycles. The molecule has 0 aliphatic rings. The lowest BCUT2D eigenvalue weighted by molar-refractivity contribution is 0.0696. The lowest BCUT2D eigenvalue weighted by Crippen LogP contribution is -2.00. The molecule has 0 radical (unpaired) electrons. The molecule has 100 valence electrons. The van der Waals surface area contributed by atoms with Gasteiger partial charge < -0.3 is 9.84 Å². The summed E-state index contributed by atoms with van der Waals surface area (Å²) in [7, 11) is 0. The van der Waals surface area contributed by atoms with E-state index in [1.54, 1.807) is 36.0 Å². The van der Waals surface area contributed by atoms with Gasteiger partial charge >= 0.3 is 5.97 Å². The van der Waals surface area contributed by atoms with Crippen molar-refractivity contribution in [2.45, 2.75) is 26.8 Å². The Morgan fingerprint density at radius 3 is 2.63 bits per heavy atom. The van der Waals surface area contributed by atoms with E-state index in [-0.39, 0.29) is 11.6 Å². The van der Waals surface area contributed by atoms with Crippen molar-refractivity contribution < 1.29 is 14.6 Å². The zero-order valence-corrected chi connectivity index (χ0v) is 11.1. The third-order valence-electron chi connectivity index (χ3n) is 2.77. The summed E-state index contributed by atoms with van der Waals surface area (Å²) in [5, 5.41) is 13.1. The van der Waals surface area contributed by atoms with E-state index >= 15 is 0 Å². The van der Waals surface area contributed by atoms with Crippen LogP contribution in [0.5, 0.6) is 11.5 Å². The monoisotopic (exact) mass is 260 g/mol. The van der Waals surface area contributed by atoms with Crippen molar-refractivity contribution in [3.05, 3.63) is 41.7 Å². The van der Waals surface area contributed by atoms with E-state index in [9.17, 15) is 4.79 Å². The van der Waals surface area contributed by atoms with Crippen LogP contribution in [-0.4, -0.2) is 20.9 Å². The Morgan fingerprint density at radius 1 is 1.37 bits per heavy atom. The lowest BCUT2D eigenvalue weighted by atomic mass is 10.1. The fourth-order valence-electron chi connectivity index (χ4n) is 1.73. The summed E-state index contributed by atoms with van der Waals surface area (Å²) in [5.41, 5.74) is 0.950. The van der Waals surface area contributed by atoms with Gasteiger partial charge in [-0.05, 0) is 44.5 Å². The number of benzene rings is 1. The zero-order chi connectivity index (χ0) is 14.0. The number of hydrogen-bond acceptors (Lipinski definition) is 3. The molecule has 0 atom stereocenters. The molecule has 2 rings (SSSR count). The molecule has 1 N–H and O–H groups in total. The Labute approximate surface area is 111 Å². The number of ether oxygens (including phenoxy) is 1. The fourth-order valence-corrected chi connectivity index (χ4v) is 1.73. The minimum absolute atomic E-state index is 0.272. The van der Waals surface area contributed by atoms with Crippen LogP contribution in [0.25, 0.3) is 0 Å². The zero-order valence-electron chi connectivity index (χ0n) is 11.1. The van der Waals surface area contributed by atoms with Crippen molar-refractivity contribution in [1.82, 2.24) is 9.78 Å². The van der Waals surface area contributed by atoms with E-state index in [0.29, 0.717) is 17.1 Å². The number of aryl methyl sites for hydroxylation is 1. The summed E-state index contributed by atoms with van der Waals surface area (Å²) in [6.45, 7) is 5.80. The van der Waals surface area contributed by atoms with Gasteiger partial charge in [0.1, 0.15) is 5.75 Å². The molecule has 0 bridgehead atoms. The summed E-state index contributed by atoms with van der Waals surface area (Å²) in [6.07, 6.45) is 3.45. The second-order valence-electron chi connectivity index (χ2n) is 4.63. The highest BCUT2D eigenvalue weighted by molar-refractivity contribution is 5.89. The van der Waals surface area contributed by atoms with Crippen LogP contribution < -0.4 is 4.74 Å². The number of carboxylic acid groups (broad SMARTS) is 1. The maximum Gasteiger partial charge on any atom is 0.335 e. The molecule has 0 amide bonds. The average Bonchev–Trinajstić information content (AvgIpc) is 2.77. The van der Waals surface area contributed by atoms with E-state index in [2.05, 4.69) is 5.10 Å². The fraction of sp³-hybridized carbons (Fsp3) is 0.286. The molecule has 0 saturated carbocycles. The first-order valence-corrected chi connectivity index (χ1v) is 6.03. The summed E-state index contributed by atoms with van der Waals surface area (Å²) in [4.78, 5) is 10.9. The number of rotatable bonds is 4. The maximum atomic E-state index is 10.9. The van der Waals surface area contributed by atoms with Gasteiger partial charge in [0, 0.05) is 6.04 Å². The van der Waals surface area contributed by atoms with Crippen LogP contribution in [0.3, 0.4) is 0 Å². The quantitative estimate of drug-likeness (QED) is 0.916. The standard InChI is InChI=1S/C14H16N2O3/c1-9(2)16-8-12(7-15-16)19-11-4-5-13(14(17)18)10(3)6-11/h4-9H,1-3H3,(H,17,18). The number of aromatic carboxylic acids is 1. The number of nitrogens with zero attached hydrogens (tertiary/aromatic N) is 2. The van der Waals surface area contributed by atoms with E-state index in [1.165, 1.54) is 0 Å². The van der Waals surface area contributed by atoms with Gasteiger partial charge in [-0.2, -0.15) is 5.10 Å². The average molecular weight is 260 g/mol. The molecular weight excluding hydrogens is 244 g/mol. The summed E-state index contributed by atoms with van der Waals surface area (Å²) < 4.78 is 7.45. The number of carbonyl (C=O) groups is 1. The van der Waals surface area contributed by atoms with Crippen molar-refractivity contribution in [3.8, 4) is 11.5 Å². The SMILES string of the molecule is Cc1cc(Oc2cnn(C(C)C)c2)ccc1C(=O)O. The highest BCUT2D eigenvalue weighted by Gasteiger charge is 2.09. The third kappa shape index (κ3) is 2.93. The van der Waals surface area contributed by atoms with E-state index in [0.717, 1.165) is 0 Å². The van der Waals surface area contributed by atoms with Crippen LogP contribution in [0.1, 0.15) is 35.8 Å². The van der Waals surface area contributed by atoms with Crippen LogP contribution in [0.15, 0.2) is 30.6 Å². The molecule has 0 spiro atoms. The molecule has 0 fully saturated rings. The molecule has 0 saturated heterocycles. The normalized spacial score (nSPS) is 10.7. The molecule has 1 aromatic heterocycles. The lowest BCUT2D eigenvalue weighted by Gasteiger charge is -2.06. The predicted octanol–water partition coefficient (Wildman–Crippen LogP) is 3.26. The number of hydrogen-bond donors (Lipinski definition) is 1. The smallest absolute Gasteiger partial charge is 0.335 e. The molecular formula is C14H16N2O3. The van der Waals surface area contributed by atoms with Gasteiger partial charge in [0.15, 0.2) is 5.75 Å². The largest absolute Gasteiger partial charge is 0.478 e. The molecule has 5 heteroatoms. The number of carboxylic acids is 1. The van der Waals surface area contributed by atoms with Crippen molar-refractivity contribution >= 4 is 5.97 Å². The van der Waals surface area contributed by atoms with Crippen LogP contribution in [0, 0.1) is 6.92 Å². The Morgan fingerprint density at radius 2 is 2.11 bits per heavy atom. The van der Waals surface area contributed by atoms with Gasteiger partial charge in [-0.15, -0.1) is 0 Å².